The maximum absolute atomic E-state index is 13.2. The van der Waals surface area contributed by atoms with Crippen LogP contribution in [0.2, 0.25) is 0 Å². The van der Waals surface area contributed by atoms with E-state index in [0.717, 1.165) is 34.0 Å². The van der Waals surface area contributed by atoms with Crippen molar-refractivity contribution in [2.24, 2.45) is 5.10 Å². The summed E-state index contributed by atoms with van der Waals surface area (Å²) in [5.41, 5.74) is -1.29. The molecule has 4 rings (SSSR count). The van der Waals surface area contributed by atoms with Crippen molar-refractivity contribution in [1.29, 1.82) is 0 Å². The van der Waals surface area contributed by atoms with E-state index in [-0.39, 0.29) is 47.1 Å². The molecule has 0 saturated carbocycles. The summed E-state index contributed by atoms with van der Waals surface area (Å²) in [6.07, 6.45) is 6.64. The van der Waals surface area contributed by atoms with Gasteiger partial charge in [0.1, 0.15) is 0 Å². The predicted octanol–water partition coefficient (Wildman–Crippen LogP) is 2.30. The number of esters is 2. The van der Waals surface area contributed by atoms with Crippen molar-refractivity contribution < 1.29 is 49.8 Å². The van der Waals surface area contributed by atoms with Gasteiger partial charge in [-0.25, -0.2) is 14.3 Å². The molecule has 1 aromatic heterocycles. The van der Waals surface area contributed by atoms with E-state index in [0.29, 0.717) is 0 Å². The van der Waals surface area contributed by atoms with Gasteiger partial charge in [-0.1, -0.05) is 18.2 Å². The van der Waals surface area contributed by atoms with Crippen LogP contribution < -0.4 is 10.6 Å². The molecule has 2 heterocycles. The number of allylic oxidation sites excluding steroid dienone is 4. The second kappa shape index (κ2) is 13.9. The third kappa shape index (κ3) is 7.69. The fourth-order valence-corrected chi connectivity index (χ4v) is 5.09. The minimum atomic E-state index is -4.49. The SMILES string of the molecule is CCOC(=O)C1=NN(c2ccc(S(=O)(=O)O)cc2)C(=O)C1=CC=CC=Cc1c(C(=O)OCC)[nH]n(-c2ccc(S(=O)(=O)O)cc2)c1=O. The van der Waals surface area contributed by atoms with Gasteiger partial charge >= 0.3 is 11.9 Å². The van der Waals surface area contributed by atoms with E-state index in [4.69, 9.17) is 9.47 Å². The van der Waals surface area contributed by atoms with Crippen LogP contribution in [0.4, 0.5) is 5.69 Å². The number of ether oxygens (including phenoxy) is 2. The lowest BCUT2D eigenvalue weighted by Crippen LogP contribution is -2.22. The number of carbonyl (C=O) groups excluding carboxylic acids is 3. The van der Waals surface area contributed by atoms with Gasteiger partial charge in [0, 0.05) is 0 Å². The normalized spacial score (nSPS) is 14.7. The van der Waals surface area contributed by atoms with Gasteiger partial charge in [-0.2, -0.15) is 26.9 Å². The zero-order chi connectivity index (χ0) is 34.5. The number of carbonyl (C=O) groups is 3. The lowest BCUT2D eigenvalue weighted by molar-refractivity contribution is -0.135. The Morgan fingerprint density at radius 2 is 1.34 bits per heavy atom. The number of aromatic nitrogens is 2. The van der Waals surface area contributed by atoms with Crippen LogP contribution in [0, 0.1) is 0 Å². The van der Waals surface area contributed by atoms with Crippen LogP contribution in [-0.2, 0) is 39.3 Å². The zero-order valence-corrected chi connectivity index (χ0v) is 26.2. The molecule has 2 aromatic carbocycles. The molecule has 0 atom stereocenters. The third-order valence-electron chi connectivity index (χ3n) is 6.27. The highest BCUT2D eigenvalue weighted by Gasteiger charge is 2.35. The van der Waals surface area contributed by atoms with Crippen molar-refractivity contribution in [2.75, 3.05) is 18.2 Å². The smallest absolute Gasteiger partial charge is 0.359 e. The summed E-state index contributed by atoms with van der Waals surface area (Å²) in [5, 5.41) is 7.52. The molecule has 18 heteroatoms. The number of nitrogens with one attached hydrogen (secondary N) is 1. The van der Waals surface area contributed by atoms with Crippen LogP contribution >= 0.6 is 0 Å². The maximum atomic E-state index is 13.2. The lowest BCUT2D eigenvalue weighted by Gasteiger charge is -2.11. The molecule has 0 unspecified atom stereocenters. The molecular formula is C29H26N4O12S2. The molecule has 3 N–H and O–H groups in total. The van der Waals surface area contributed by atoms with E-state index in [2.05, 4.69) is 10.2 Å². The highest BCUT2D eigenvalue weighted by Crippen LogP contribution is 2.26. The molecule has 3 aromatic rings. The summed E-state index contributed by atoms with van der Waals surface area (Å²) in [4.78, 5) is 50.8. The maximum Gasteiger partial charge on any atom is 0.359 e. The largest absolute Gasteiger partial charge is 0.461 e. The Kier molecular flexibility index (Phi) is 10.2. The molecule has 16 nitrogen and oxygen atoms in total. The number of rotatable bonds is 11. The Morgan fingerprint density at radius 3 is 1.87 bits per heavy atom. The van der Waals surface area contributed by atoms with Crippen molar-refractivity contribution >= 4 is 55.6 Å². The van der Waals surface area contributed by atoms with E-state index < -0.39 is 53.4 Å². The van der Waals surface area contributed by atoms with Crippen LogP contribution in [0.5, 0.6) is 0 Å². The van der Waals surface area contributed by atoms with Crippen LogP contribution in [0.25, 0.3) is 11.8 Å². The molecule has 0 saturated heterocycles. The van der Waals surface area contributed by atoms with E-state index >= 15 is 0 Å². The fourth-order valence-electron chi connectivity index (χ4n) is 4.13. The van der Waals surface area contributed by atoms with E-state index in [9.17, 15) is 45.1 Å². The number of anilines is 1. The van der Waals surface area contributed by atoms with Crippen LogP contribution in [0.1, 0.15) is 29.9 Å². The first-order chi connectivity index (χ1) is 22.2. The third-order valence-corrected chi connectivity index (χ3v) is 8.01. The van der Waals surface area contributed by atoms with Crippen molar-refractivity contribution in [3.8, 4) is 5.69 Å². The number of nitrogens with zero attached hydrogens (tertiary/aromatic N) is 3. The Labute approximate surface area is 267 Å². The average Bonchev–Trinajstić information content (AvgIpc) is 3.52. The summed E-state index contributed by atoms with van der Waals surface area (Å²) < 4.78 is 74.9. The van der Waals surface area contributed by atoms with E-state index in [1.165, 1.54) is 54.6 Å². The van der Waals surface area contributed by atoms with Crippen LogP contribution in [-0.4, -0.2) is 72.5 Å². The average molecular weight is 687 g/mol. The molecule has 246 valence electrons. The molecule has 1 aliphatic rings. The molecule has 0 fully saturated rings. The first-order valence-corrected chi connectivity index (χ1v) is 16.4. The molecule has 0 spiro atoms. The van der Waals surface area contributed by atoms with Crippen molar-refractivity contribution in [1.82, 2.24) is 9.78 Å². The number of hydrogen-bond acceptors (Lipinski definition) is 11. The van der Waals surface area contributed by atoms with Crippen molar-refractivity contribution in [3.63, 3.8) is 0 Å². The number of amides is 1. The van der Waals surface area contributed by atoms with Gasteiger partial charge in [-0.3, -0.25) is 23.8 Å². The zero-order valence-electron chi connectivity index (χ0n) is 24.6. The molecule has 0 radical (unpaired) electrons. The standard InChI is InChI=1S/C29H26N4O12S2/c1-3-44-28(36)24-22(26(34)32(30-24)18-10-14-20(15-11-18)46(38,39)40)8-6-5-7-9-23-25(29(37)45-4-2)31-33(27(23)35)19-12-16-21(17-13-19)47(41,42)43/h5-17,30H,3-4H2,1-2H3,(H,38,39,40)(H,41,42,43). The van der Waals surface area contributed by atoms with Gasteiger partial charge in [-0.15, -0.1) is 0 Å². The minimum absolute atomic E-state index is 0.00576. The highest BCUT2D eigenvalue weighted by atomic mass is 32.2. The molecule has 1 amide bonds. The number of H-pyrrole nitrogens is 1. The highest BCUT2D eigenvalue weighted by molar-refractivity contribution is 7.86. The van der Waals surface area contributed by atoms with Gasteiger partial charge in [0.15, 0.2) is 11.4 Å². The number of aromatic amines is 1. The minimum Gasteiger partial charge on any atom is -0.461 e. The van der Waals surface area contributed by atoms with E-state index in [1.807, 2.05) is 0 Å². The fraction of sp³-hybridized carbons (Fsp3) is 0.138. The quantitative estimate of drug-likeness (QED) is 0.114. The molecule has 0 bridgehead atoms. The lowest BCUT2D eigenvalue weighted by atomic mass is 10.1. The summed E-state index contributed by atoms with van der Waals surface area (Å²) in [7, 11) is -8.96. The molecular weight excluding hydrogens is 660 g/mol. The van der Waals surface area contributed by atoms with E-state index in [1.54, 1.807) is 13.8 Å². The second-order valence-corrected chi connectivity index (χ2v) is 12.2. The Morgan fingerprint density at radius 1 is 0.809 bits per heavy atom. The topological polar surface area (TPSA) is 232 Å². The Balaban J connectivity index is 1.65. The van der Waals surface area contributed by atoms with Gasteiger partial charge < -0.3 is 9.47 Å². The van der Waals surface area contributed by atoms with Gasteiger partial charge in [0.2, 0.25) is 0 Å². The van der Waals surface area contributed by atoms with Crippen LogP contribution in [0.15, 0.2) is 98.1 Å². The number of hydrazone groups is 1. The number of benzene rings is 2. The first-order valence-electron chi connectivity index (χ1n) is 13.5. The Hall–Kier alpha value is -5.43. The summed E-state index contributed by atoms with van der Waals surface area (Å²) in [6.45, 7) is 3.12. The molecule has 1 aliphatic heterocycles. The summed E-state index contributed by atoms with van der Waals surface area (Å²) >= 11 is 0. The van der Waals surface area contributed by atoms with Gasteiger partial charge in [0.25, 0.3) is 31.7 Å². The molecule has 0 aliphatic carbocycles. The monoisotopic (exact) mass is 686 g/mol. The predicted molar refractivity (Wildman–Crippen MR) is 166 cm³/mol. The summed E-state index contributed by atoms with van der Waals surface area (Å²) in [6, 6.07) is 9.15. The van der Waals surface area contributed by atoms with Crippen molar-refractivity contribution in [3.05, 3.63) is 100 Å². The molecule has 47 heavy (non-hydrogen) atoms. The van der Waals surface area contributed by atoms with Gasteiger partial charge in [-0.05, 0) is 74.5 Å². The second-order valence-electron chi connectivity index (χ2n) is 9.31. The first kappa shape index (κ1) is 34.4. The van der Waals surface area contributed by atoms with Crippen LogP contribution in [0.3, 0.4) is 0 Å². The van der Waals surface area contributed by atoms with Gasteiger partial charge in [0.05, 0.1) is 45.5 Å². The Bertz CT molecular complexity index is 2120. The van der Waals surface area contributed by atoms with Crippen molar-refractivity contribution in [2.45, 2.75) is 23.6 Å². The number of hydrogen-bond donors (Lipinski definition) is 3. The summed E-state index contributed by atoms with van der Waals surface area (Å²) in [5.74, 6) is -2.50.